The molecule has 0 bridgehead atoms. The van der Waals surface area contributed by atoms with E-state index in [4.69, 9.17) is 0 Å². The summed E-state index contributed by atoms with van der Waals surface area (Å²) < 4.78 is 52.1. The summed E-state index contributed by atoms with van der Waals surface area (Å²) in [6.07, 6.45) is 0.602. The number of aliphatic hydroxyl groups is 1. The molecule has 0 saturated carbocycles. The second kappa shape index (κ2) is 9.99. The molecule has 3 atom stereocenters. The molecule has 2 N–H and O–H groups in total. The number of nitrogens with one attached hydrogen (secondary N) is 1. The van der Waals surface area contributed by atoms with Crippen LogP contribution in [0.5, 0.6) is 0 Å². The van der Waals surface area contributed by atoms with Crippen molar-refractivity contribution in [2.45, 2.75) is 57.1 Å². The van der Waals surface area contributed by atoms with Crippen LogP contribution in [0, 0.1) is 23.0 Å². The summed E-state index contributed by atoms with van der Waals surface area (Å²) in [5.74, 6) is -2.36. The molecule has 0 aliphatic carbocycles. The molecule has 1 aliphatic heterocycles. The Balaban J connectivity index is 1.75. The normalized spacial score (nSPS) is 19.5. The molecule has 0 spiro atoms. The second-order valence-electron chi connectivity index (χ2n) is 10.0. The number of hydrogen-bond donors (Lipinski definition) is 2. The van der Waals surface area contributed by atoms with Crippen molar-refractivity contribution in [2.75, 3.05) is 12.3 Å². The van der Waals surface area contributed by atoms with Crippen LogP contribution in [0.4, 0.5) is 8.78 Å². The third kappa shape index (κ3) is 6.68. The molecule has 180 valence electrons. The van der Waals surface area contributed by atoms with Crippen molar-refractivity contribution in [3.05, 3.63) is 64.7 Å². The lowest BCUT2D eigenvalue weighted by molar-refractivity contribution is -0.114. The van der Waals surface area contributed by atoms with Gasteiger partial charge in [0.25, 0.3) is 0 Å². The number of carbonyl (C=O) groups excluding carboxylic acids is 1. The average molecular weight is 480 g/mol. The Morgan fingerprint density at radius 1 is 1.12 bits per heavy atom. The van der Waals surface area contributed by atoms with Gasteiger partial charge in [0.15, 0.2) is 9.84 Å². The Hall–Kier alpha value is -2.16. The van der Waals surface area contributed by atoms with E-state index in [9.17, 15) is 27.1 Å². The van der Waals surface area contributed by atoms with Crippen molar-refractivity contribution in [3.8, 4) is 0 Å². The molecule has 0 fully saturated rings. The molecule has 3 rings (SSSR count). The molecule has 2 aromatic rings. The molecular formula is C25H31F2NO4S. The van der Waals surface area contributed by atoms with Gasteiger partial charge in [0.1, 0.15) is 17.9 Å². The largest absolute Gasteiger partial charge is 0.391 e. The lowest BCUT2D eigenvalue weighted by Gasteiger charge is -2.29. The van der Waals surface area contributed by atoms with Crippen LogP contribution in [0.15, 0.2) is 41.3 Å². The molecule has 0 saturated heterocycles. The van der Waals surface area contributed by atoms with Crippen LogP contribution in [0.1, 0.15) is 49.9 Å². The highest BCUT2D eigenvalue weighted by Crippen LogP contribution is 2.34. The third-order valence-electron chi connectivity index (χ3n) is 5.83. The Labute approximate surface area is 194 Å². The number of sulfone groups is 1. The topological polar surface area (TPSA) is 83.5 Å². The minimum absolute atomic E-state index is 0.00755. The van der Waals surface area contributed by atoms with Crippen LogP contribution in [0.25, 0.3) is 0 Å². The molecule has 8 heteroatoms. The summed E-state index contributed by atoms with van der Waals surface area (Å²) in [5, 5.41) is 13.8. The van der Waals surface area contributed by atoms with Gasteiger partial charge in [-0.3, -0.25) is 0 Å². The smallest absolute Gasteiger partial charge is 0.178 e. The van der Waals surface area contributed by atoms with Gasteiger partial charge in [-0.15, -0.1) is 0 Å². The first kappa shape index (κ1) is 25.5. The highest BCUT2D eigenvalue weighted by molar-refractivity contribution is 7.91. The zero-order chi connectivity index (χ0) is 24.4. The van der Waals surface area contributed by atoms with Gasteiger partial charge in [0, 0.05) is 24.6 Å². The molecule has 0 amide bonds. The van der Waals surface area contributed by atoms with E-state index < -0.39 is 33.5 Å². The van der Waals surface area contributed by atoms with Gasteiger partial charge in [0.2, 0.25) is 0 Å². The molecule has 2 aromatic carbocycles. The Morgan fingerprint density at radius 3 is 2.39 bits per heavy atom. The summed E-state index contributed by atoms with van der Waals surface area (Å²) >= 11 is 0. The van der Waals surface area contributed by atoms with E-state index in [1.165, 1.54) is 0 Å². The fourth-order valence-corrected chi connectivity index (χ4v) is 5.92. The molecular weight excluding hydrogens is 448 g/mol. The minimum Gasteiger partial charge on any atom is -0.391 e. The lowest BCUT2D eigenvalue weighted by Crippen LogP contribution is -2.38. The number of aliphatic hydroxyl groups excluding tert-OH is 1. The van der Waals surface area contributed by atoms with E-state index in [0.717, 1.165) is 30.2 Å². The quantitative estimate of drug-likeness (QED) is 0.563. The summed E-state index contributed by atoms with van der Waals surface area (Å²) in [4.78, 5) is 11.9. The zero-order valence-corrected chi connectivity index (χ0v) is 20.0. The maximum absolute atomic E-state index is 13.5. The maximum Gasteiger partial charge on any atom is 0.178 e. The highest BCUT2D eigenvalue weighted by Gasteiger charge is 2.31. The summed E-state index contributed by atoms with van der Waals surface area (Å²) in [5.41, 5.74) is 2.02. The van der Waals surface area contributed by atoms with Crippen molar-refractivity contribution >= 4 is 16.1 Å². The highest BCUT2D eigenvalue weighted by atomic mass is 32.2. The van der Waals surface area contributed by atoms with Gasteiger partial charge in [-0.2, -0.15) is 0 Å². The molecule has 1 heterocycles. The van der Waals surface area contributed by atoms with E-state index in [0.29, 0.717) is 23.2 Å². The van der Waals surface area contributed by atoms with Crippen molar-refractivity contribution < 1.29 is 27.1 Å². The maximum atomic E-state index is 13.5. The van der Waals surface area contributed by atoms with Crippen LogP contribution >= 0.6 is 0 Å². The van der Waals surface area contributed by atoms with E-state index >= 15 is 0 Å². The molecule has 33 heavy (non-hydrogen) atoms. The number of carbonyl (C=O) groups is 1. The van der Waals surface area contributed by atoms with Gasteiger partial charge in [0.05, 0.1) is 16.8 Å². The summed E-state index contributed by atoms with van der Waals surface area (Å²) in [6, 6.07) is 8.14. The minimum atomic E-state index is -3.37. The molecule has 1 aliphatic rings. The van der Waals surface area contributed by atoms with E-state index in [1.54, 1.807) is 6.07 Å². The predicted octanol–water partition coefficient (Wildman–Crippen LogP) is 3.78. The van der Waals surface area contributed by atoms with Crippen LogP contribution < -0.4 is 5.32 Å². The van der Waals surface area contributed by atoms with Crippen LogP contribution in [-0.4, -0.2) is 38.2 Å². The number of aldehydes is 1. The van der Waals surface area contributed by atoms with Gasteiger partial charge in [-0.25, -0.2) is 17.2 Å². The monoisotopic (exact) mass is 479 g/mol. The van der Waals surface area contributed by atoms with Gasteiger partial charge in [-0.05, 0) is 59.6 Å². The van der Waals surface area contributed by atoms with Crippen LogP contribution in [0.3, 0.4) is 0 Å². The Bertz CT molecular complexity index is 1090. The number of hydrogen-bond acceptors (Lipinski definition) is 5. The zero-order valence-electron chi connectivity index (χ0n) is 19.1. The number of benzene rings is 2. The first-order valence-electron chi connectivity index (χ1n) is 11.1. The van der Waals surface area contributed by atoms with E-state index in [1.807, 2.05) is 12.1 Å². The SMILES string of the molecule is CC(C)(C)Cc1ccc2c(c1)C(NCC(O)C(C=O)Cc1cc(F)cc(F)c1)CCS2(=O)=O. The average Bonchev–Trinajstić information content (AvgIpc) is 2.69. The van der Waals surface area contributed by atoms with Crippen molar-refractivity contribution in [2.24, 2.45) is 11.3 Å². The first-order chi connectivity index (χ1) is 15.4. The van der Waals surface area contributed by atoms with Crippen LogP contribution in [0.2, 0.25) is 0 Å². The fraction of sp³-hybridized carbons (Fsp3) is 0.480. The van der Waals surface area contributed by atoms with Crippen molar-refractivity contribution in [3.63, 3.8) is 0 Å². The second-order valence-corrected chi connectivity index (χ2v) is 12.1. The summed E-state index contributed by atoms with van der Waals surface area (Å²) in [6.45, 7) is 6.37. The fourth-order valence-electron chi connectivity index (χ4n) is 4.32. The lowest BCUT2D eigenvalue weighted by atomic mass is 9.87. The molecule has 0 aromatic heterocycles. The first-order valence-corrected chi connectivity index (χ1v) is 12.7. The van der Waals surface area contributed by atoms with E-state index in [2.05, 4.69) is 26.1 Å². The van der Waals surface area contributed by atoms with Crippen molar-refractivity contribution in [1.82, 2.24) is 5.32 Å². The van der Waals surface area contributed by atoms with Gasteiger partial charge < -0.3 is 15.2 Å². The van der Waals surface area contributed by atoms with Crippen molar-refractivity contribution in [1.29, 1.82) is 0 Å². The van der Waals surface area contributed by atoms with E-state index in [-0.39, 0.29) is 35.7 Å². The molecule has 0 radical (unpaired) electrons. The Morgan fingerprint density at radius 2 is 1.79 bits per heavy atom. The number of fused-ring (bicyclic) bond motifs is 1. The number of halogens is 2. The summed E-state index contributed by atoms with van der Waals surface area (Å²) in [7, 11) is -3.37. The number of rotatable bonds is 8. The van der Waals surface area contributed by atoms with Gasteiger partial charge in [-0.1, -0.05) is 32.9 Å². The standard InChI is InChI=1S/C25H31F2NO4S/c1-25(2,3)13-16-4-5-24-21(11-16)22(6-7-33(24,31)32)28-14-23(30)18(15-29)8-17-9-19(26)12-20(27)10-17/h4-5,9-12,15,18,22-23,28,30H,6-8,13-14H2,1-3H3. The molecule has 3 unspecified atom stereocenters. The van der Waals surface area contributed by atoms with Gasteiger partial charge >= 0.3 is 0 Å². The third-order valence-corrected chi connectivity index (χ3v) is 7.65. The van der Waals surface area contributed by atoms with Crippen LogP contribution in [-0.2, 0) is 27.5 Å². The Kier molecular flexibility index (Phi) is 7.71. The predicted molar refractivity (Wildman–Crippen MR) is 123 cm³/mol. The molecule has 5 nitrogen and oxygen atoms in total.